The Hall–Kier alpha value is -3.20. The predicted molar refractivity (Wildman–Crippen MR) is 87.9 cm³/mol. The molecule has 2 aromatic rings. The van der Waals surface area contributed by atoms with E-state index in [-0.39, 0.29) is 34.3 Å². The minimum Gasteiger partial charge on any atom is -0.452 e. The third-order valence-electron chi connectivity index (χ3n) is 3.29. The number of fused-ring (bicyclic) bond motifs is 1. The number of ether oxygens (including phenoxy) is 1. The van der Waals surface area contributed by atoms with Gasteiger partial charge < -0.3 is 8.92 Å². The van der Waals surface area contributed by atoms with Crippen molar-refractivity contribution in [2.24, 2.45) is 0 Å². The van der Waals surface area contributed by atoms with E-state index in [0.717, 1.165) is 6.26 Å². The van der Waals surface area contributed by atoms with E-state index in [1.807, 2.05) is 0 Å². The number of carbonyl (C=O) groups is 1. The SMILES string of the molecule is CS(=O)(=O)Oc1ccc2c(c1)O/C(=C/c1ccc([N+](=O)[O-])cc1)C2=O. The summed E-state index contributed by atoms with van der Waals surface area (Å²) in [4.78, 5) is 22.4. The number of hydrogen-bond donors (Lipinski definition) is 0. The van der Waals surface area contributed by atoms with Gasteiger partial charge in [-0.1, -0.05) is 0 Å². The number of non-ortho nitro benzene ring substituents is 1. The molecule has 0 N–H and O–H groups in total. The normalized spacial score (nSPS) is 14.9. The van der Waals surface area contributed by atoms with Crippen molar-refractivity contribution in [2.75, 3.05) is 6.26 Å². The molecule has 0 bridgehead atoms. The molecule has 25 heavy (non-hydrogen) atoms. The number of benzene rings is 2. The third kappa shape index (κ3) is 3.66. The van der Waals surface area contributed by atoms with E-state index in [0.29, 0.717) is 5.56 Å². The maximum Gasteiger partial charge on any atom is 0.306 e. The maximum atomic E-state index is 12.3. The van der Waals surface area contributed by atoms with Crippen molar-refractivity contribution in [3.63, 3.8) is 0 Å². The second-order valence-electron chi connectivity index (χ2n) is 5.23. The monoisotopic (exact) mass is 361 g/mol. The molecule has 1 aliphatic heterocycles. The molecule has 8 nitrogen and oxygen atoms in total. The second kappa shape index (κ2) is 6.02. The summed E-state index contributed by atoms with van der Waals surface area (Å²) in [7, 11) is -3.69. The number of allylic oxidation sites excluding steroid dienone is 1. The number of hydrogen-bond acceptors (Lipinski definition) is 7. The topological polar surface area (TPSA) is 113 Å². The minimum absolute atomic E-state index is 0.0281. The standard InChI is InChI=1S/C16H11NO7S/c1-25(21,22)24-12-6-7-13-14(9-12)23-15(16(13)18)8-10-2-4-11(5-3-10)17(19)20/h2-9H,1H3/b15-8+. The van der Waals surface area contributed by atoms with E-state index < -0.39 is 15.0 Å². The quantitative estimate of drug-likeness (QED) is 0.356. The molecule has 0 radical (unpaired) electrons. The molecule has 0 saturated heterocycles. The van der Waals surface area contributed by atoms with Gasteiger partial charge in [0.1, 0.15) is 11.5 Å². The van der Waals surface area contributed by atoms with Crippen LogP contribution in [0.15, 0.2) is 48.2 Å². The smallest absolute Gasteiger partial charge is 0.306 e. The first-order chi connectivity index (χ1) is 11.7. The highest BCUT2D eigenvalue weighted by Crippen LogP contribution is 2.35. The van der Waals surface area contributed by atoms with Crippen molar-refractivity contribution in [3.05, 3.63) is 69.5 Å². The zero-order valence-electron chi connectivity index (χ0n) is 12.8. The summed E-state index contributed by atoms with van der Waals surface area (Å²) >= 11 is 0. The summed E-state index contributed by atoms with van der Waals surface area (Å²) in [6.07, 6.45) is 2.36. The van der Waals surface area contributed by atoms with Crippen molar-refractivity contribution in [2.45, 2.75) is 0 Å². The lowest BCUT2D eigenvalue weighted by Crippen LogP contribution is -2.05. The molecule has 2 aromatic carbocycles. The van der Waals surface area contributed by atoms with E-state index in [1.54, 1.807) is 0 Å². The van der Waals surface area contributed by atoms with Gasteiger partial charge in [-0.25, -0.2) is 0 Å². The molecule has 0 unspecified atom stereocenters. The lowest BCUT2D eigenvalue weighted by atomic mass is 10.1. The van der Waals surface area contributed by atoms with Crippen molar-refractivity contribution in [1.29, 1.82) is 0 Å². The summed E-state index contributed by atoms with van der Waals surface area (Å²) in [6, 6.07) is 9.69. The van der Waals surface area contributed by atoms with Gasteiger partial charge >= 0.3 is 10.1 Å². The average molecular weight is 361 g/mol. The largest absolute Gasteiger partial charge is 0.452 e. The molecule has 0 amide bonds. The highest BCUT2D eigenvalue weighted by molar-refractivity contribution is 7.86. The molecule has 0 spiro atoms. The summed E-state index contributed by atoms with van der Waals surface area (Å²) < 4.78 is 32.5. The van der Waals surface area contributed by atoms with Gasteiger partial charge in [-0.3, -0.25) is 14.9 Å². The lowest BCUT2D eigenvalue weighted by molar-refractivity contribution is -0.384. The Morgan fingerprint density at radius 2 is 1.84 bits per heavy atom. The molecule has 128 valence electrons. The Kier molecular flexibility index (Phi) is 4.01. The first-order valence-electron chi connectivity index (χ1n) is 6.95. The van der Waals surface area contributed by atoms with Crippen LogP contribution in [0.25, 0.3) is 6.08 Å². The number of carbonyl (C=O) groups excluding carboxylic acids is 1. The fourth-order valence-corrected chi connectivity index (χ4v) is 2.69. The highest BCUT2D eigenvalue weighted by atomic mass is 32.2. The second-order valence-corrected chi connectivity index (χ2v) is 6.81. The third-order valence-corrected chi connectivity index (χ3v) is 3.79. The Bertz CT molecular complexity index is 1010. The van der Waals surface area contributed by atoms with Crippen molar-refractivity contribution < 1.29 is 27.1 Å². The van der Waals surface area contributed by atoms with Crippen LogP contribution >= 0.6 is 0 Å². The number of nitrogens with zero attached hydrogens (tertiary/aromatic N) is 1. The van der Waals surface area contributed by atoms with E-state index in [1.165, 1.54) is 48.5 Å². The molecular weight excluding hydrogens is 350 g/mol. The number of nitro benzene ring substituents is 1. The van der Waals surface area contributed by atoms with Crippen LogP contribution in [0.2, 0.25) is 0 Å². The van der Waals surface area contributed by atoms with Crippen LogP contribution in [-0.2, 0) is 10.1 Å². The minimum atomic E-state index is -3.69. The Labute approximate surface area is 142 Å². The first kappa shape index (κ1) is 16.7. The van der Waals surface area contributed by atoms with Crippen molar-refractivity contribution in [1.82, 2.24) is 0 Å². The summed E-state index contributed by atoms with van der Waals surface area (Å²) in [5.74, 6) is -0.135. The highest BCUT2D eigenvalue weighted by Gasteiger charge is 2.28. The Balaban J connectivity index is 1.87. The zero-order valence-corrected chi connectivity index (χ0v) is 13.6. The maximum absolute atomic E-state index is 12.3. The predicted octanol–water partition coefficient (Wildman–Crippen LogP) is 2.55. The lowest BCUT2D eigenvalue weighted by Gasteiger charge is -2.03. The number of nitro groups is 1. The van der Waals surface area contributed by atoms with Crippen LogP contribution in [0, 0.1) is 10.1 Å². The van der Waals surface area contributed by atoms with Gasteiger partial charge in [0, 0.05) is 18.2 Å². The number of Topliss-reactive ketones (excluding diaryl/α,β-unsaturated/α-hetero) is 1. The molecule has 1 aliphatic rings. The van der Waals surface area contributed by atoms with Gasteiger partial charge in [-0.15, -0.1) is 0 Å². The molecule has 0 aromatic heterocycles. The molecule has 0 aliphatic carbocycles. The van der Waals surface area contributed by atoms with Crippen LogP contribution in [0.3, 0.4) is 0 Å². The average Bonchev–Trinajstić information content (AvgIpc) is 2.82. The fourth-order valence-electron chi connectivity index (χ4n) is 2.24. The molecule has 0 fully saturated rings. The van der Waals surface area contributed by atoms with Gasteiger partial charge in [0.15, 0.2) is 5.76 Å². The summed E-state index contributed by atoms with van der Waals surface area (Å²) in [5, 5.41) is 10.6. The Morgan fingerprint density at radius 1 is 1.16 bits per heavy atom. The van der Waals surface area contributed by atoms with Crippen molar-refractivity contribution >= 4 is 27.7 Å². The van der Waals surface area contributed by atoms with Crippen LogP contribution in [0.1, 0.15) is 15.9 Å². The van der Waals surface area contributed by atoms with Crippen molar-refractivity contribution in [3.8, 4) is 11.5 Å². The van der Waals surface area contributed by atoms with E-state index in [9.17, 15) is 23.3 Å². The van der Waals surface area contributed by atoms with E-state index in [4.69, 9.17) is 8.92 Å². The van der Waals surface area contributed by atoms with Gasteiger partial charge in [0.2, 0.25) is 5.78 Å². The number of rotatable bonds is 4. The van der Waals surface area contributed by atoms with Gasteiger partial charge in [-0.05, 0) is 35.9 Å². The molecule has 0 atom stereocenters. The fraction of sp³-hybridized carbons (Fsp3) is 0.0625. The Morgan fingerprint density at radius 3 is 2.44 bits per heavy atom. The van der Waals surface area contributed by atoms with Gasteiger partial charge in [0.05, 0.1) is 16.7 Å². The van der Waals surface area contributed by atoms with Crippen LogP contribution in [0.4, 0.5) is 5.69 Å². The molecule has 3 rings (SSSR count). The van der Waals surface area contributed by atoms with Gasteiger partial charge in [0.25, 0.3) is 5.69 Å². The summed E-state index contributed by atoms with van der Waals surface area (Å²) in [5.41, 5.74) is 0.759. The molecule has 9 heteroatoms. The first-order valence-corrected chi connectivity index (χ1v) is 8.77. The molecule has 1 heterocycles. The van der Waals surface area contributed by atoms with E-state index in [2.05, 4.69) is 0 Å². The molecular formula is C16H11NO7S. The van der Waals surface area contributed by atoms with Crippen LogP contribution in [-0.4, -0.2) is 25.4 Å². The zero-order chi connectivity index (χ0) is 18.2. The van der Waals surface area contributed by atoms with Gasteiger partial charge in [-0.2, -0.15) is 8.42 Å². The van der Waals surface area contributed by atoms with Crippen LogP contribution < -0.4 is 8.92 Å². The summed E-state index contributed by atoms with van der Waals surface area (Å²) in [6.45, 7) is 0. The number of ketones is 1. The van der Waals surface area contributed by atoms with Crippen LogP contribution in [0.5, 0.6) is 11.5 Å². The molecule has 0 saturated carbocycles. The van der Waals surface area contributed by atoms with E-state index >= 15 is 0 Å².